The second-order valence-electron chi connectivity index (χ2n) is 3.02. The fourth-order valence-corrected chi connectivity index (χ4v) is 1.03. The zero-order valence-electron chi connectivity index (χ0n) is 8.18. The number of anilines is 1. The third kappa shape index (κ3) is 3.87. The molecule has 1 rings (SSSR count). The van der Waals surface area contributed by atoms with Crippen molar-refractivity contribution in [2.75, 3.05) is 5.73 Å². The Morgan fingerprint density at radius 3 is 2.07 bits per heavy atom. The summed E-state index contributed by atoms with van der Waals surface area (Å²) in [6.07, 6.45) is -4.70. The van der Waals surface area contributed by atoms with Crippen LogP contribution in [0.2, 0.25) is 0 Å². The van der Waals surface area contributed by atoms with Crippen molar-refractivity contribution < 1.29 is 17.9 Å². The number of ether oxygens (including phenoxy) is 1. The molecule has 2 nitrogen and oxygen atoms in total. The molecule has 1 aromatic carbocycles. The van der Waals surface area contributed by atoms with E-state index in [1.54, 1.807) is 13.8 Å². The van der Waals surface area contributed by atoms with Gasteiger partial charge in [0.15, 0.2) is 5.75 Å². The van der Waals surface area contributed by atoms with Gasteiger partial charge in [0.2, 0.25) is 0 Å². The molecular weight excluding hydrogens is 231 g/mol. The van der Waals surface area contributed by atoms with Gasteiger partial charge in [-0.1, -0.05) is 0 Å². The second kappa shape index (κ2) is 4.61. The van der Waals surface area contributed by atoms with Gasteiger partial charge in [-0.15, -0.1) is 25.6 Å². The lowest BCUT2D eigenvalue weighted by molar-refractivity contribution is -0.274. The van der Waals surface area contributed by atoms with Crippen LogP contribution in [0.5, 0.6) is 5.75 Å². The zero-order chi connectivity index (χ0) is 10.9. The first kappa shape index (κ1) is 13.9. The Morgan fingerprint density at radius 2 is 1.60 bits per heavy atom. The number of hydrogen-bond donors (Lipinski definition) is 1. The van der Waals surface area contributed by atoms with Crippen molar-refractivity contribution in [1.29, 1.82) is 0 Å². The first-order valence-electron chi connectivity index (χ1n) is 3.92. The van der Waals surface area contributed by atoms with Crippen LogP contribution in [0.3, 0.4) is 0 Å². The number of benzene rings is 1. The van der Waals surface area contributed by atoms with Gasteiger partial charge in [0.25, 0.3) is 0 Å². The highest BCUT2D eigenvalue weighted by molar-refractivity contribution is 5.85. The van der Waals surface area contributed by atoms with Crippen LogP contribution in [0.25, 0.3) is 0 Å². The van der Waals surface area contributed by atoms with Gasteiger partial charge in [0.1, 0.15) is 0 Å². The molecule has 0 aliphatic carbocycles. The molecule has 1 aromatic rings. The summed E-state index contributed by atoms with van der Waals surface area (Å²) in [5, 5.41) is 0. The van der Waals surface area contributed by atoms with E-state index in [0.29, 0.717) is 5.56 Å². The molecule has 86 valence electrons. The number of alkyl halides is 3. The highest BCUT2D eigenvalue weighted by Crippen LogP contribution is 2.30. The largest absolute Gasteiger partial charge is 0.573 e. The SMILES string of the molecule is Cc1cc(N)c(OC(F)(F)F)cc1C.Cl. The Hall–Kier alpha value is -1.10. The Balaban J connectivity index is 0.00000196. The standard InChI is InChI=1S/C9H10F3NO.ClH/c1-5-3-7(13)8(4-6(5)2)14-9(10,11)12;/h3-4H,13H2,1-2H3;1H. The summed E-state index contributed by atoms with van der Waals surface area (Å²) < 4.78 is 39.4. The summed E-state index contributed by atoms with van der Waals surface area (Å²) in [5.74, 6) is -0.347. The van der Waals surface area contributed by atoms with Crippen LogP contribution in [0.1, 0.15) is 11.1 Å². The number of halogens is 4. The fraction of sp³-hybridized carbons (Fsp3) is 0.333. The Kier molecular flexibility index (Phi) is 4.27. The minimum absolute atomic E-state index is 0. The van der Waals surface area contributed by atoms with Crippen LogP contribution < -0.4 is 10.5 Å². The van der Waals surface area contributed by atoms with Crippen molar-refractivity contribution >= 4 is 18.1 Å². The van der Waals surface area contributed by atoms with E-state index in [0.717, 1.165) is 5.56 Å². The van der Waals surface area contributed by atoms with E-state index in [9.17, 15) is 13.2 Å². The van der Waals surface area contributed by atoms with E-state index in [1.807, 2.05) is 0 Å². The van der Waals surface area contributed by atoms with E-state index in [1.165, 1.54) is 12.1 Å². The van der Waals surface area contributed by atoms with Crippen molar-refractivity contribution in [3.05, 3.63) is 23.3 Å². The molecule has 0 bridgehead atoms. The molecule has 0 atom stereocenters. The number of nitrogens with two attached hydrogens (primary N) is 1. The minimum Gasteiger partial charge on any atom is -0.404 e. The van der Waals surface area contributed by atoms with Crippen LogP contribution in [-0.2, 0) is 0 Å². The van der Waals surface area contributed by atoms with Crippen LogP contribution in [0, 0.1) is 13.8 Å². The molecule has 0 aromatic heterocycles. The summed E-state index contributed by atoms with van der Waals surface area (Å²) in [6.45, 7) is 3.46. The normalized spacial score (nSPS) is 10.7. The highest BCUT2D eigenvalue weighted by Gasteiger charge is 2.32. The van der Waals surface area contributed by atoms with Gasteiger partial charge in [-0.3, -0.25) is 0 Å². The molecule has 0 heterocycles. The first-order chi connectivity index (χ1) is 6.29. The number of nitrogen functional groups attached to an aromatic ring is 1. The quantitative estimate of drug-likeness (QED) is 0.767. The van der Waals surface area contributed by atoms with E-state index in [4.69, 9.17) is 5.73 Å². The van der Waals surface area contributed by atoms with Crippen molar-refractivity contribution in [2.45, 2.75) is 20.2 Å². The molecular formula is C9H11ClF3NO. The Morgan fingerprint density at radius 1 is 1.13 bits per heavy atom. The molecule has 0 saturated carbocycles. The average molecular weight is 242 g/mol. The Labute approximate surface area is 91.6 Å². The fourth-order valence-electron chi connectivity index (χ4n) is 1.03. The Bertz CT molecular complexity index is 352. The number of hydrogen-bond acceptors (Lipinski definition) is 2. The van der Waals surface area contributed by atoms with E-state index in [-0.39, 0.29) is 23.8 Å². The van der Waals surface area contributed by atoms with Crippen molar-refractivity contribution in [1.82, 2.24) is 0 Å². The topological polar surface area (TPSA) is 35.2 Å². The molecule has 0 fully saturated rings. The van der Waals surface area contributed by atoms with E-state index < -0.39 is 6.36 Å². The zero-order valence-corrected chi connectivity index (χ0v) is 9.00. The summed E-state index contributed by atoms with van der Waals surface area (Å²) in [7, 11) is 0. The molecule has 15 heavy (non-hydrogen) atoms. The van der Waals surface area contributed by atoms with Crippen LogP contribution in [0.4, 0.5) is 18.9 Å². The first-order valence-corrected chi connectivity index (χ1v) is 3.92. The summed E-state index contributed by atoms with van der Waals surface area (Å²) >= 11 is 0. The molecule has 0 unspecified atom stereocenters. The maximum atomic E-state index is 11.9. The van der Waals surface area contributed by atoms with E-state index >= 15 is 0 Å². The van der Waals surface area contributed by atoms with Gasteiger partial charge < -0.3 is 10.5 Å². The number of rotatable bonds is 1. The predicted octanol–water partition coefficient (Wildman–Crippen LogP) is 3.21. The highest BCUT2D eigenvalue weighted by atomic mass is 35.5. The summed E-state index contributed by atoms with van der Waals surface area (Å²) in [6, 6.07) is 2.73. The van der Waals surface area contributed by atoms with Crippen LogP contribution in [-0.4, -0.2) is 6.36 Å². The lowest BCUT2D eigenvalue weighted by Crippen LogP contribution is -2.18. The molecule has 0 saturated heterocycles. The molecule has 0 radical (unpaired) electrons. The molecule has 6 heteroatoms. The monoisotopic (exact) mass is 241 g/mol. The maximum absolute atomic E-state index is 11.9. The number of aryl methyl sites for hydroxylation is 2. The molecule has 0 spiro atoms. The minimum atomic E-state index is -4.70. The third-order valence-corrected chi connectivity index (χ3v) is 1.85. The maximum Gasteiger partial charge on any atom is 0.573 e. The van der Waals surface area contributed by atoms with Gasteiger partial charge in [0, 0.05) is 0 Å². The van der Waals surface area contributed by atoms with E-state index in [2.05, 4.69) is 4.74 Å². The van der Waals surface area contributed by atoms with Gasteiger partial charge >= 0.3 is 6.36 Å². The molecule has 0 amide bonds. The second-order valence-corrected chi connectivity index (χ2v) is 3.02. The van der Waals surface area contributed by atoms with Crippen molar-refractivity contribution in [3.8, 4) is 5.75 Å². The van der Waals surface area contributed by atoms with Crippen molar-refractivity contribution in [3.63, 3.8) is 0 Å². The van der Waals surface area contributed by atoms with Crippen LogP contribution in [0.15, 0.2) is 12.1 Å². The van der Waals surface area contributed by atoms with Gasteiger partial charge in [-0.2, -0.15) is 0 Å². The average Bonchev–Trinajstić information content (AvgIpc) is 1.97. The third-order valence-electron chi connectivity index (χ3n) is 1.85. The molecule has 2 N–H and O–H groups in total. The lowest BCUT2D eigenvalue weighted by Gasteiger charge is -2.12. The van der Waals surface area contributed by atoms with Crippen molar-refractivity contribution in [2.24, 2.45) is 0 Å². The summed E-state index contributed by atoms with van der Waals surface area (Å²) in [5.41, 5.74) is 6.90. The van der Waals surface area contributed by atoms with Gasteiger partial charge in [-0.05, 0) is 37.1 Å². The lowest BCUT2D eigenvalue weighted by atomic mass is 10.1. The smallest absolute Gasteiger partial charge is 0.404 e. The van der Waals surface area contributed by atoms with Crippen LogP contribution >= 0.6 is 12.4 Å². The molecule has 0 aliphatic heterocycles. The van der Waals surface area contributed by atoms with Gasteiger partial charge in [-0.25, -0.2) is 0 Å². The summed E-state index contributed by atoms with van der Waals surface area (Å²) in [4.78, 5) is 0. The molecule has 0 aliphatic rings. The van der Waals surface area contributed by atoms with Gasteiger partial charge in [0.05, 0.1) is 5.69 Å². The predicted molar refractivity (Wildman–Crippen MR) is 54.3 cm³/mol.